The van der Waals surface area contributed by atoms with E-state index in [9.17, 15) is 13.2 Å². The van der Waals surface area contributed by atoms with E-state index in [2.05, 4.69) is 22.4 Å². The number of carbonyl (C=O) groups excluding carboxylic acids is 1. The molecular weight excluding hydrogens is 364 g/mol. The van der Waals surface area contributed by atoms with Crippen LogP contribution in [0.5, 0.6) is 0 Å². The number of amides is 1. The second-order valence-electron chi connectivity index (χ2n) is 7.24. The first-order valence-electron chi connectivity index (χ1n) is 9.44. The number of nitrogens with one attached hydrogen (secondary N) is 1. The van der Waals surface area contributed by atoms with Crippen LogP contribution in [0.25, 0.3) is 0 Å². The summed E-state index contributed by atoms with van der Waals surface area (Å²) in [7, 11) is 0.123. The van der Waals surface area contributed by atoms with Crippen LogP contribution in [0.1, 0.15) is 30.4 Å². The van der Waals surface area contributed by atoms with Gasteiger partial charge in [0.05, 0.1) is 11.8 Å². The van der Waals surface area contributed by atoms with Crippen LogP contribution >= 0.6 is 0 Å². The van der Waals surface area contributed by atoms with Crippen LogP contribution in [0.2, 0.25) is 0 Å². The molecule has 148 valence electrons. The summed E-state index contributed by atoms with van der Waals surface area (Å²) in [5.41, 5.74) is 2.24. The fourth-order valence-electron chi connectivity index (χ4n) is 3.03. The molecule has 0 atom stereocenters. The Kier molecular flexibility index (Phi) is 6.16. The lowest BCUT2D eigenvalue weighted by molar-refractivity contribution is -0.129. The molecule has 1 heterocycles. The van der Waals surface area contributed by atoms with Gasteiger partial charge in [-0.3, -0.25) is 9.79 Å². The SMILES string of the molecule is CN(CCc1ccc(C2=NCCN2)cc1)C(=O)CCN(C)S(=O)(=O)C1CC1. The smallest absolute Gasteiger partial charge is 0.223 e. The normalized spacial score (nSPS) is 16.9. The molecule has 0 aromatic heterocycles. The number of hydrogen-bond acceptors (Lipinski definition) is 5. The molecule has 1 fully saturated rings. The van der Waals surface area contributed by atoms with Crippen molar-refractivity contribution in [2.75, 3.05) is 40.3 Å². The molecule has 7 nitrogen and oxygen atoms in total. The van der Waals surface area contributed by atoms with E-state index >= 15 is 0 Å². The minimum atomic E-state index is -3.21. The lowest BCUT2D eigenvalue weighted by Gasteiger charge is -2.20. The van der Waals surface area contributed by atoms with Gasteiger partial charge in [0.2, 0.25) is 15.9 Å². The Morgan fingerprint density at radius 1 is 1.19 bits per heavy atom. The fourth-order valence-corrected chi connectivity index (χ4v) is 4.62. The van der Waals surface area contributed by atoms with Crippen molar-refractivity contribution < 1.29 is 13.2 Å². The van der Waals surface area contributed by atoms with Gasteiger partial charge in [-0.1, -0.05) is 24.3 Å². The number of hydrogen-bond donors (Lipinski definition) is 1. The van der Waals surface area contributed by atoms with Crippen LogP contribution in [-0.4, -0.2) is 74.9 Å². The van der Waals surface area contributed by atoms with Crippen molar-refractivity contribution in [2.24, 2.45) is 4.99 Å². The summed E-state index contributed by atoms with van der Waals surface area (Å²) in [5, 5.41) is 3.02. The second-order valence-corrected chi connectivity index (χ2v) is 9.56. The van der Waals surface area contributed by atoms with Crippen LogP contribution in [0.4, 0.5) is 0 Å². The molecule has 1 saturated carbocycles. The summed E-state index contributed by atoms with van der Waals surface area (Å²) in [6, 6.07) is 8.22. The summed E-state index contributed by atoms with van der Waals surface area (Å²) >= 11 is 0. The summed E-state index contributed by atoms with van der Waals surface area (Å²) in [5.74, 6) is 0.910. The molecule has 2 aliphatic rings. The van der Waals surface area contributed by atoms with Crippen molar-refractivity contribution in [3.63, 3.8) is 0 Å². The van der Waals surface area contributed by atoms with E-state index in [1.807, 2.05) is 12.1 Å². The number of benzene rings is 1. The number of aliphatic imine (C=N–C) groups is 1. The zero-order valence-electron chi connectivity index (χ0n) is 16.0. The molecule has 0 radical (unpaired) electrons. The van der Waals surface area contributed by atoms with E-state index in [1.54, 1.807) is 19.0 Å². The van der Waals surface area contributed by atoms with Gasteiger partial charge in [-0.05, 0) is 24.8 Å². The predicted molar refractivity (Wildman–Crippen MR) is 106 cm³/mol. The number of likely N-dealkylation sites (N-methyl/N-ethyl adjacent to an activating group) is 1. The molecule has 1 aliphatic heterocycles. The third-order valence-corrected chi connectivity index (χ3v) is 7.45. The third-order valence-electron chi connectivity index (χ3n) is 5.08. The Bertz CT molecular complexity index is 801. The molecule has 1 aromatic carbocycles. The van der Waals surface area contributed by atoms with Crippen molar-refractivity contribution in [3.05, 3.63) is 35.4 Å². The third kappa shape index (κ3) is 5.07. The van der Waals surface area contributed by atoms with Crippen molar-refractivity contribution >= 4 is 21.8 Å². The maximum atomic E-state index is 12.3. The Hall–Kier alpha value is -1.93. The average Bonchev–Trinajstić information content (AvgIpc) is 3.40. The Morgan fingerprint density at radius 2 is 1.89 bits per heavy atom. The van der Waals surface area contributed by atoms with Gasteiger partial charge in [-0.25, -0.2) is 12.7 Å². The largest absolute Gasteiger partial charge is 0.368 e. The number of amidine groups is 1. The predicted octanol–water partition coefficient (Wildman–Crippen LogP) is 0.851. The Labute approximate surface area is 161 Å². The lowest BCUT2D eigenvalue weighted by Crippen LogP contribution is -2.35. The van der Waals surface area contributed by atoms with E-state index < -0.39 is 10.0 Å². The molecule has 0 saturated heterocycles. The lowest BCUT2D eigenvalue weighted by atomic mass is 10.1. The van der Waals surface area contributed by atoms with Gasteiger partial charge in [-0.2, -0.15) is 0 Å². The summed E-state index contributed by atoms with van der Waals surface area (Å²) in [4.78, 5) is 18.4. The number of sulfonamides is 1. The van der Waals surface area contributed by atoms with E-state index in [0.29, 0.717) is 6.54 Å². The van der Waals surface area contributed by atoms with E-state index in [0.717, 1.165) is 49.3 Å². The molecule has 1 aliphatic carbocycles. The van der Waals surface area contributed by atoms with Gasteiger partial charge in [-0.15, -0.1) is 0 Å². The van der Waals surface area contributed by atoms with Crippen molar-refractivity contribution in [2.45, 2.75) is 30.9 Å². The number of carbonyl (C=O) groups is 1. The number of rotatable bonds is 9. The van der Waals surface area contributed by atoms with Crippen LogP contribution < -0.4 is 5.32 Å². The van der Waals surface area contributed by atoms with Gasteiger partial charge < -0.3 is 10.2 Å². The first kappa shape index (κ1) is 19.8. The molecule has 0 bridgehead atoms. The van der Waals surface area contributed by atoms with Gasteiger partial charge in [0.1, 0.15) is 5.84 Å². The molecule has 1 amide bonds. The van der Waals surface area contributed by atoms with Gasteiger partial charge in [0, 0.05) is 45.7 Å². The zero-order chi connectivity index (χ0) is 19.4. The highest BCUT2D eigenvalue weighted by Gasteiger charge is 2.38. The monoisotopic (exact) mass is 392 g/mol. The van der Waals surface area contributed by atoms with Gasteiger partial charge in [0.15, 0.2) is 0 Å². The molecule has 0 spiro atoms. The topological polar surface area (TPSA) is 82.1 Å². The van der Waals surface area contributed by atoms with Gasteiger partial charge in [0.25, 0.3) is 0 Å². The highest BCUT2D eigenvalue weighted by molar-refractivity contribution is 7.90. The van der Waals surface area contributed by atoms with Crippen molar-refractivity contribution in [1.29, 1.82) is 0 Å². The fraction of sp³-hybridized carbons (Fsp3) is 0.579. The number of nitrogens with zero attached hydrogens (tertiary/aromatic N) is 3. The Balaban J connectivity index is 1.43. The summed E-state index contributed by atoms with van der Waals surface area (Å²) in [6.07, 6.45) is 2.45. The van der Waals surface area contributed by atoms with E-state index in [4.69, 9.17) is 0 Å². The first-order chi connectivity index (χ1) is 12.9. The van der Waals surface area contributed by atoms with Crippen LogP contribution in [0, 0.1) is 0 Å². The van der Waals surface area contributed by atoms with Crippen LogP contribution in [-0.2, 0) is 21.2 Å². The molecule has 1 aromatic rings. The molecule has 27 heavy (non-hydrogen) atoms. The average molecular weight is 393 g/mol. The highest BCUT2D eigenvalue weighted by atomic mass is 32.2. The molecule has 3 rings (SSSR count). The quantitative estimate of drug-likeness (QED) is 0.676. The maximum Gasteiger partial charge on any atom is 0.223 e. The highest BCUT2D eigenvalue weighted by Crippen LogP contribution is 2.30. The van der Waals surface area contributed by atoms with Crippen molar-refractivity contribution in [3.8, 4) is 0 Å². The molecule has 8 heteroatoms. The minimum absolute atomic E-state index is 0.0334. The first-order valence-corrected chi connectivity index (χ1v) is 10.9. The minimum Gasteiger partial charge on any atom is -0.368 e. The maximum absolute atomic E-state index is 12.3. The second kappa shape index (κ2) is 8.39. The van der Waals surface area contributed by atoms with Crippen molar-refractivity contribution in [1.82, 2.24) is 14.5 Å². The van der Waals surface area contributed by atoms with E-state index in [1.165, 1.54) is 4.31 Å². The Morgan fingerprint density at radius 3 is 2.48 bits per heavy atom. The standard InChI is InChI=1S/C19H28N4O3S/c1-22(18(24)10-14-23(2)27(25,26)17-7-8-17)13-9-15-3-5-16(6-4-15)19-20-11-12-21-19/h3-6,17H,7-14H2,1-2H3,(H,20,21). The molecule has 0 unspecified atom stereocenters. The zero-order valence-corrected chi connectivity index (χ0v) is 16.8. The molecule has 1 N–H and O–H groups in total. The van der Waals surface area contributed by atoms with Crippen LogP contribution in [0.3, 0.4) is 0 Å². The summed E-state index contributed by atoms with van der Waals surface area (Å²) < 4.78 is 25.5. The molecular formula is C19H28N4O3S. The van der Waals surface area contributed by atoms with E-state index in [-0.39, 0.29) is 24.1 Å². The summed E-state index contributed by atoms with van der Waals surface area (Å²) in [6.45, 7) is 2.56. The van der Waals surface area contributed by atoms with Crippen LogP contribution in [0.15, 0.2) is 29.3 Å². The van der Waals surface area contributed by atoms with Gasteiger partial charge >= 0.3 is 0 Å².